The maximum absolute atomic E-state index is 6.03. The average molecular weight is 335 g/mol. The molecule has 0 unspecified atom stereocenters. The molecule has 17 heavy (non-hydrogen) atoms. The van der Waals surface area contributed by atoms with Gasteiger partial charge in [-0.05, 0) is 57.0 Å². The predicted molar refractivity (Wildman–Crippen MR) is 81.1 cm³/mol. The van der Waals surface area contributed by atoms with Gasteiger partial charge >= 0.3 is 0 Å². The van der Waals surface area contributed by atoms with E-state index in [-0.39, 0.29) is 5.41 Å². The molecule has 2 aromatic carbocycles. The van der Waals surface area contributed by atoms with Gasteiger partial charge in [-0.2, -0.15) is 0 Å². The van der Waals surface area contributed by atoms with Crippen molar-refractivity contribution >= 4 is 28.3 Å². The molecule has 2 aromatic rings. The van der Waals surface area contributed by atoms with Crippen molar-refractivity contribution in [2.75, 3.05) is 5.73 Å². The Labute approximate surface area is 115 Å². The van der Waals surface area contributed by atoms with E-state index in [0.29, 0.717) is 0 Å². The van der Waals surface area contributed by atoms with Crippen LogP contribution in [0.15, 0.2) is 36.4 Å². The van der Waals surface area contributed by atoms with E-state index in [4.69, 9.17) is 5.73 Å². The Bertz CT molecular complexity index is 614. The molecule has 0 spiro atoms. The molecular formula is C15H14IN. The SMILES string of the molecule is CC1(C)c2ccccc2-c2cc(N)c(I)cc21. The first-order chi connectivity index (χ1) is 8.01. The number of nitrogen functional groups attached to an aromatic ring is 1. The zero-order valence-electron chi connectivity index (χ0n) is 9.92. The monoisotopic (exact) mass is 335 g/mol. The molecule has 0 aliphatic heterocycles. The summed E-state index contributed by atoms with van der Waals surface area (Å²) in [7, 11) is 0. The van der Waals surface area contributed by atoms with Crippen LogP contribution in [0.4, 0.5) is 5.69 Å². The highest BCUT2D eigenvalue weighted by atomic mass is 127. The van der Waals surface area contributed by atoms with E-state index in [2.05, 4.69) is 72.8 Å². The van der Waals surface area contributed by atoms with Gasteiger partial charge in [0.1, 0.15) is 0 Å². The van der Waals surface area contributed by atoms with E-state index >= 15 is 0 Å². The van der Waals surface area contributed by atoms with Gasteiger partial charge in [0, 0.05) is 14.7 Å². The fourth-order valence-electron chi connectivity index (χ4n) is 2.74. The summed E-state index contributed by atoms with van der Waals surface area (Å²) >= 11 is 2.31. The summed E-state index contributed by atoms with van der Waals surface area (Å²) in [5.41, 5.74) is 12.4. The molecular weight excluding hydrogens is 321 g/mol. The van der Waals surface area contributed by atoms with E-state index in [1.807, 2.05) is 0 Å². The molecule has 1 nitrogen and oxygen atoms in total. The highest BCUT2D eigenvalue weighted by molar-refractivity contribution is 14.1. The van der Waals surface area contributed by atoms with Crippen molar-refractivity contribution in [2.24, 2.45) is 0 Å². The number of benzene rings is 2. The minimum absolute atomic E-state index is 0.0829. The molecule has 0 radical (unpaired) electrons. The maximum Gasteiger partial charge on any atom is 0.0456 e. The number of nitrogens with two attached hydrogens (primary N) is 1. The van der Waals surface area contributed by atoms with Crippen molar-refractivity contribution in [3.8, 4) is 11.1 Å². The second kappa shape index (κ2) is 3.48. The van der Waals surface area contributed by atoms with Crippen LogP contribution in [0.5, 0.6) is 0 Å². The molecule has 0 amide bonds. The highest BCUT2D eigenvalue weighted by Gasteiger charge is 2.35. The minimum Gasteiger partial charge on any atom is -0.398 e. The Morgan fingerprint density at radius 2 is 1.71 bits per heavy atom. The first kappa shape index (κ1) is 11.1. The number of rotatable bonds is 0. The van der Waals surface area contributed by atoms with Crippen LogP contribution in [-0.4, -0.2) is 0 Å². The van der Waals surface area contributed by atoms with Gasteiger partial charge in [-0.1, -0.05) is 38.1 Å². The fourth-order valence-corrected chi connectivity index (χ4v) is 3.21. The van der Waals surface area contributed by atoms with Gasteiger partial charge in [0.05, 0.1) is 0 Å². The predicted octanol–water partition coefficient (Wildman–Crippen LogP) is 4.18. The molecule has 0 atom stereocenters. The lowest BCUT2D eigenvalue weighted by atomic mass is 9.82. The minimum atomic E-state index is 0.0829. The molecule has 0 saturated heterocycles. The molecule has 2 N–H and O–H groups in total. The number of halogens is 1. The summed E-state index contributed by atoms with van der Waals surface area (Å²) < 4.78 is 1.14. The summed E-state index contributed by atoms with van der Waals surface area (Å²) in [6.07, 6.45) is 0. The van der Waals surface area contributed by atoms with Gasteiger partial charge in [0.15, 0.2) is 0 Å². The summed E-state index contributed by atoms with van der Waals surface area (Å²) in [5, 5.41) is 0. The first-order valence-electron chi connectivity index (χ1n) is 5.71. The Hall–Kier alpha value is -1.03. The van der Waals surface area contributed by atoms with Gasteiger partial charge in [-0.3, -0.25) is 0 Å². The molecule has 0 saturated carbocycles. The Balaban J connectivity index is 2.40. The standard InChI is InChI=1S/C15H14IN/c1-15(2)11-6-4-3-5-9(11)10-7-14(17)13(16)8-12(10)15/h3-8H,17H2,1-2H3. The number of fused-ring (bicyclic) bond motifs is 3. The summed E-state index contributed by atoms with van der Waals surface area (Å²) in [5.74, 6) is 0. The lowest BCUT2D eigenvalue weighted by Gasteiger charge is -2.21. The van der Waals surface area contributed by atoms with E-state index in [0.717, 1.165) is 9.26 Å². The molecule has 1 aliphatic rings. The largest absolute Gasteiger partial charge is 0.398 e. The molecule has 0 aromatic heterocycles. The fraction of sp³-hybridized carbons (Fsp3) is 0.200. The van der Waals surface area contributed by atoms with Crippen LogP contribution in [0.2, 0.25) is 0 Å². The normalized spacial score (nSPS) is 15.5. The second-order valence-electron chi connectivity index (χ2n) is 5.09. The van der Waals surface area contributed by atoms with Crippen LogP contribution in [0, 0.1) is 3.57 Å². The Morgan fingerprint density at radius 1 is 1.00 bits per heavy atom. The third kappa shape index (κ3) is 1.43. The summed E-state index contributed by atoms with van der Waals surface area (Å²) in [6.45, 7) is 4.56. The van der Waals surface area contributed by atoms with Crippen molar-refractivity contribution in [2.45, 2.75) is 19.3 Å². The highest BCUT2D eigenvalue weighted by Crippen LogP contribution is 2.49. The molecule has 1 aliphatic carbocycles. The van der Waals surface area contributed by atoms with Gasteiger partial charge in [-0.25, -0.2) is 0 Å². The topological polar surface area (TPSA) is 26.0 Å². The van der Waals surface area contributed by atoms with Crippen LogP contribution < -0.4 is 5.73 Å². The van der Waals surface area contributed by atoms with E-state index in [1.54, 1.807) is 0 Å². The zero-order valence-corrected chi connectivity index (χ0v) is 12.1. The van der Waals surface area contributed by atoms with E-state index in [9.17, 15) is 0 Å². The third-order valence-electron chi connectivity index (χ3n) is 3.70. The molecule has 86 valence electrons. The summed E-state index contributed by atoms with van der Waals surface area (Å²) in [4.78, 5) is 0. The van der Waals surface area contributed by atoms with Crippen LogP contribution >= 0.6 is 22.6 Å². The zero-order chi connectivity index (χ0) is 12.2. The van der Waals surface area contributed by atoms with Crippen molar-refractivity contribution < 1.29 is 0 Å². The molecule has 0 fully saturated rings. The number of anilines is 1. The van der Waals surface area contributed by atoms with Gasteiger partial charge in [-0.15, -0.1) is 0 Å². The molecule has 0 bridgehead atoms. The number of hydrogen-bond donors (Lipinski definition) is 1. The maximum atomic E-state index is 6.03. The molecule has 2 heteroatoms. The lowest BCUT2D eigenvalue weighted by molar-refractivity contribution is 0.660. The number of hydrogen-bond acceptors (Lipinski definition) is 1. The Morgan fingerprint density at radius 3 is 2.47 bits per heavy atom. The second-order valence-corrected chi connectivity index (χ2v) is 6.25. The van der Waals surface area contributed by atoms with Gasteiger partial charge in [0.25, 0.3) is 0 Å². The van der Waals surface area contributed by atoms with Crippen LogP contribution in [0.1, 0.15) is 25.0 Å². The van der Waals surface area contributed by atoms with Crippen molar-refractivity contribution in [1.29, 1.82) is 0 Å². The first-order valence-corrected chi connectivity index (χ1v) is 6.79. The van der Waals surface area contributed by atoms with Gasteiger partial charge in [0.2, 0.25) is 0 Å². The molecule has 3 rings (SSSR count). The lowest BCUT2D eigenvalue weighted by Crippen LogP contribution is -2.15. The molecule has 0 heterocycles. The van der Waals surface area contributed by atoms with E-state index in [1.165, 1.54) is 22.3 Å². The van der Waals surface area contributed by atoms with Crippen LogP contribution in [0.25, 0.3) is 11.1 Å². The van der Waals surface area contributed by atoms with Crippen LogP contribution in [0.3, 0.4) is 0 Å². The van der Waals surface area contributed by atoms with Gasteiger partial charge < -0.3 is 5.73 Å². The van der Waals surface area contributed by atoms with E-state index < -0.39 is 0 Å². The third-order valence-corrected chi connectivity index (χ3v) is 4.63. The van der Waals surface area contributed by atoms with Crippen LogP contribution in [-0.2, 0) is 5.41 Å². The van der Waals surface area contributed by atoms with Crippen molar-refractivity contribution in [1.82, 2.24) is 0 Å². The average Bonchev–Trinajstić information content (AvgIpc) is 2.51. The Kier molecular flexibility index (Phi) is 2.27. The summed E-state index contributed by atoms with van der Waals surface area (Å²) in [6, 6.07) is 13.0. The van der Waals surface area contributed by atoms with Crippen molar-refractivity contribution in [3.63, 3.8) is 0 Å². The smallest absolute Gasteiger partial charge is 0.0456 e. The quantitative estimate of drug-likeness (QED) is 0.567. The van der Waals surface area contributed by atoms with Crippen molar-refractivity contribution in [3.05, 3.63) is 51.1 Å².